The quantitative estimate of drug-likeness (QED) is 0.183. The standard InChI is InChI=1S/C40H28N3SSi/c1-45(2)24-26-12-16-38-32(20-26)30-8-4-6-10-36(30)43(38)28-14-18-40-34(22-28)33-21-27(13-17-39(33)44-40)42-35-9-5-3-7-29(35)31-19-25(23-41)11-15-37(31)42/h3-22H,24H2,1-2H3. The molecule has 0 saturated carbocycles. The summed E-state index contributed by atoms with van der Waals surface area (Å²) < 4.78 is 7.34. The van der Waals surface area contributed by atoms with Gasteiger partial charge in [-0.2, -0.15) is 5.26 Å². The van der Waals surface area contributed by atoms with Gasteiger partial charge in [0.25, 0.3) is 0 Å². The van der Waals surface area contributed by atoms with E-state index in [1.807, 2.05) is 23.5 Å². The zero-order valence-corrected chi connectivity index (χ0v) is 26.8. The van der Waals surface area contributed by atoms with Crippen LogP contribution >= 0.6 is 11.3 Å². The van der Waals surface area contributed by atoms with E-state index < -0.39 is 0 Å². The summed E-state index contributed by atoms with van der Waals surface area (Å²) in [6, 6.07) is 47.6. The lowest BCUT2D eigenvalue weighted by Crippen LogP contribution is -2.05. The minimum atomic E-state index is -0.358. The van der Waals surface area contributed by atoms with Crippen LogP contribution in [0.4, 0.5) is 0 Å². The van der Waals surface area contributed by atoms with Gasteiger partial charge in [0.2, 0.25) is 0 Å². The van der Waals surface area contributed by atoms with Crippen molar-refractivity contribution in [2.75, 3.05) is 0 Å². The number of aromatic nitrogens is 2. The van der Waals surface area contributed by atoms with E-state index in [2.05, 4.69) is 137 Å². The maximum Gasteiger partial charge on any atom is 0.0991 e. The van der Waals surface area contributed by atoms with Crippen molar-refractivity contribution in [1.82, 2.24) is 9.13 Å². The topological polar surface area (TPSA) is 33.6 Å². The molecule has 0 aliphatic rings. The summed E-state index contributed by atoms with van der Waals surface area (Å²) in [5, 5.41) is 17.0. The highest BCUT2D eigenvalue weighted by molar-refractivity contribution is 7.25. The fourth-order valence-electron chi connectivity index (χ4n) is 7.17. The summed E-state index contributed by atoms with van der Waals surface area (Å²) in [5.74, 6) is 0. The van der Waals surface area contributed by atoms with Gasteiger partial charge in [0.15, 0.2) is 0 Å². The first-order chi connectivity index (χ1) is 22.1. The highest BCUT2D eigenvalue weighted by atomic mass is 32.1. The van der Waals surface area contributed by atoms with Crippen LogP contribution in [0.2, 0.25) is 13.1 Å². The van der Waals surface area contributed by atoms with E-state index in [9.17, 15) is 5.26 Å². The number of nitriles is 1. The Hall–Kier alpha value is -5.15. The monoisotopic (exact) mass is 610 g/mol. The first-order valence-corrected chi connectivity index (χ1v) is 18.8. The van der Waals surface area contributed by atoms with Gasteiger partial charge in [0, 0.05) is 61.9 Å². The van der Waals surface area contributed by atoms with Crippen LogP contribution in [0.15, 0.2) is 121 Å². The summed E-state index contributed by atoms with van der Waals surface area (Å²) in [6.45, 7) is 4.77. The molecule has 6 aromatic carbocycles. The van der Waals surface area contributed by atoms with Crippen molar-refractivity contribution in [3.05, 3.63) is 132 Å². The van der Waals surface area contributed by atoms with Crippen LogP contribution < -0.4 is 0 Å². The number of nitrogens with zero attached hydrogens (tertiary/aromatic N) is 3. The lowest BCUT2D eigenvalue weighted by molar-refractivity contribution is 1.18. The first kappa shape index (κ1) is 26.3. The fourth-order valence-corrected chi connectivity index (χ4v) is 9.27. The molecule has 0 atom stereocenters. The van der Waals surface area contributed by atoms with Crippen molar-refractivity contribution >= 4 is 83.9 Å². The molecule has 3 nitrogen and oxygen atoms in total. The SMILES string of the molecule is C[Si](C)Cc1ccc2c(c1)c1ccccc1n2-c1ccc2sc3ccc(-n4c5ccccc5c5cc(C#N)ccc54)cc3c2c1. The molecule has 213 valence electrons. The molecule has 0 spiro atoms. The maximum atomic E-state index is 9.58. The molecule has 1 radical (unpaired) electrons. The second kappa shape index (κ2) is 9.93. The molecular weight excluding hydrogens is 583 g/mol. The second-order valence-electron chi connectivity index (χ2n) is 12.2. The minimum Gasteiger partial charge on any atom is -0.309 e. The van der Waals surface area contributed by atoms with Gasteiger partial charge in [0.05, 0.1) is 33.7 Å². The minimum absolute atomic E-state index is 0.358. The fraction of sp³-hybridized carbons (Fsp3) is 0.0750. The van der Waals surface area contributed by atoms with Gasteiger partial charge in [-0.3, -0.25) is 0 Å². The molecule has 0 aliphatic heterocycles. The normalized spacial score (nSPS) is 12.0. The highest BCUT2D eigenvalue weighted by Crippen LogP contribution is 2.40. The molecule has 0 saturated heterocycles. The van der Waals surface area contributed by atoms with E-state index in [0.717, 1.165) is 27.5 Å². The number of hydrogen-bond acceptors (Lipinski definition) is 2. The van der Waals surface area contributed by atoms with Crippen molar-refractivity contribution in [2.24, 2.45) is 0 Å². The number of para-hydroxylation sites is 2. The van der Waals surface area contributed by atoms with Crippen LogP contribution in [-0.2, 0) is 6.04 Å². The van der Waals surface area contributed by atoms with Crippen LogP contribution in [0.3, 0.4) is 0 Å². The van der Waals surface area contributed by atoms with Gasteiger partial charge in [-0.05, 0) is 84.9 Å². The second-order valence-corrected chi connectivity index (χ2v) is 16.1. The molecule has 0 fully saturated rings. The molecule has 3 heterocycles. The van der Waals surface area contributed by atoms with E-state index in [0.29, 0.717) is 5.56 Å². The molecule has 0 bridgehead atoms. The molecule has 3 aromatic heterocycles. The zero-order valence-electron chi connectivity index (χ0n) is 25.0. The average Bonchev–Trinajstić information content (AvgIpc) is 3.71. The molecular formula is C40H28N3SSi. The lowest BCUT2D eigenvalue weighted by atomic mass is 10.1. The molecule has 0 aliphatic carbocycles. The number of benzene rings is 6. The van der Waals surface area contributed by atoms with E-state index >= 15 is 0 Å². The molecule has 5 heteroatoms. The summed E-state index contributed by atoms with van der Waals surface area (Å²) in [6.07, 6.45) is 0. The Morgan fingerprint density at radius 3 is 1.67 bits per heavy atom. The summed E-state index contributed by atoms with van der Waals surface area (Å²) in [7, 11) is -0.358. The Bertz CT molecular complexity index is 2680. The van der Waals surface area contributed by atoms with Gasteiger partial charge >= 0.3 is 0 Å². The third-order valence-corrected chi connectivity index (χ3v) is 11.3. The van der Waals surface area contributed by atoms with Crippen LogP contribution in [0.1, 0.15) is 11.1 Å². The van der Waals surface area contributed by atoms with Gasteiger partial charge in [-0.25, -0.2) is 0 Å². The van der Waals surface area contributed by atoms with Gasteiger partial charge in [0.1, 0.15) is 0 Å². The maximum absolute atomic E-state index is 9.58. The zero-order chi connectivity index (χ0) is 30.2. The van der Waals surface area contributed by atoms with E-state index in [1.165, 1.54) is 59.3 Å². The third-order valence-electron chi connectivity index (χ3n) is 9.05. The number of fused-ring (bicyclic) bond motifs is 9. The van der Waals surface area contributed by atoms with Crippen molar-refractivity contribution in [3.63, 3.8) is 0 Å². The van der Waals surface area contributed by atoms with Crippen LogP contribution in [0.5, 0.6) is 0 Å². The lowest BCUT2D eigenvalue weighted by Gasteiger charge is -2.10. The van der Waals surface area contributed by atoms with Gasteiger partial charge in [-0.1, -0.05) is 61.1 Å². The Balaban J connectivity index is 1.27. The number of hydrogen-bond donors (Lipinski definition) is 0. The van der Waals surface area contributed by atoms with Crippen molar-refractivity contribution in [3.8, 4) is 17.4 Å². The van der Waals surface area contributed by atoms with Crippen LogP contribution in [-0.4, -0.2) is 17.9 Å². The Labute approximate surface area is 266 Å². The largest absolute Gasteiger partial charge is 0.309 e. The smallest absolute Gasteiger partial charge is 0.0991 e. The first-order valence-electron chi connectivity index (χ1n) is 15.3. The summed E-state index contributed by atoms with van der Waals surface area (Å²) in [5.41, 5.74) is 9.17. The molecule has 0 unspecified atom stereocenters. The third kappa shape index (κ3) is 4.00. The molecule has 9 aromatic rings. The Morgan fingerprint density at radius 1 is 0.556 bits per heavy atom. The molecule has 45 heavy (non-hydrogen) atoms. The van der Waals surface area contributed by atoms with Gasteiger partial charge in [-0.15, -0.1) is 11.3 Å². The number of thiophene rings is 1. The Kier molecular flexibility index (Phi) is 5.80. The highest BCUT2D eigenvalue weighted by Gasteiger charge is 2.17. The van der Waals surface area contributed by atoms with Crippen molar-refractivity contribution < 1.29 is 0 Å². The van der Waals surface area contributed by atoms with Crippen LogP contribution in [0.25, 0.3) is 75.2 Å². The van der Waals surface area contributed by atoms with E-state index in [-0.39, 0.29) is 8.80 Å². The number of rotatable bonds is 4. The predicted molar refractivity (Wildman–Crippen MR) is 194 cm³/mol. The molecule has 0 N–H and O–H groups in total. The van der Waals surface area contributed by atoms with E-state index in [1.54, 1.807) is 0 Å². The summed E-state index contributed by atoms with van der Waals surface area (Å²) >= 11 is 1.85. The van der Waals surface area contributed by atoms with Crippen molar-refractivity contribution in [2.45, 2.75) is 19.1 Å². The van der Waals surface area contributed by atoms with Gasteiger partial charge < -0.3 is 9.13 Å². The van der Waals surface area contributed by atoms with Crippen LogP contribution in [0, 0.1) is 11.3 Å². The Morgan fingerprint density at radius 2 is 1.09 bits per heavy atom. The molecule has 9 rings (SSSR count). The summed E-state index contributed by atoms with van der Waals surface area (Å²) in [4.78, 5) is 0. The van der Waals surface area contributed by atoms with E-state index in [4.69, 9.17) is 0 Å². The molecule has 0 amide bonds. The predicted octanol–water partition coefficient (Wildman–Crippen LogP) is 11.0. The average molecular weight is 611 g/mol. The van der Waals surface area contributed by atoms with Crippen molar-refractivity contribution in [1.29, 1.82) is 5.26 Å².